The average molecular weight is 306 g/mol. The van der Waals surface area contributed by atoms with Gasteiger partial charge in [0.2, 0.25) is 0 Å². The highest BCUT2D eigenvalue weighted by atomic mass is 28.4. The van der Waals surface area contributed by atoms with Crippen LogP contribution in [0, 0.1) is 0 Å². The number of nitrogens with one attached hydrogen (secondary N) is 1. The lowest BCUT2D eigenvalue weighted by Gasteiger charge is -2.28. The molecule has 0 aromatic carbocycles. The molecular formula is C15H35NO3Si. The van der Waals surface area contributed by atoms with E-state index >= 15 is 0 Å². The Morgan fingerprint density at radius 3 is 1.75 bits per heavy atom. The van der Waals surface area contributed by atoms with Gasteiger partial charge in [-0.15, -0.1) is 0 Å². The monoisotopic (exact) mass is 305 g/mol. The Bertz CT molecular complexity index is 189. The molecule has 0 fully saturated rings. The number of unbranched alkanes of at least 4 members (excludes halogenated alkanes) is 3. The van der Waals surface area contributed by atoms with Crippen molar-refractivity contribution in [3.63, 3.8) is 0 Å². The van der Waals surface area contributed by atoms with Crippen LogP contribution >= 0.6 is 0 Å². The van der Waals surface area contributed by atoms with E-state index < -0.39 is 8.80 Å². The van der Waals surface area contributed by atoms with E-state index in [9.17, 15) is 0 Å². The van der Waals surface area contributed by atoms with E-state index in [-0.39, 0.29) is 0 Å². The van der Waals surface area contributed by atoms with Crippen LogP contribution in [0.1, 0.15) is 59.8 Å². The molecule has 0 rings (SSSR count). The van der Waals surface area contributed by atoms with Crippen molar-refractivity contribution in [3.05, 3.63) is 0 Å². The lowest BCUT2D eigenvalue weighted by Crippen LogP contribution is -2.46. The molecular weight excluding hydrogens is 270 g/mol. The van der Waals surface area contributed by atoms with Crippen molar-refractivity contribution in [1.82, 2.24) is 5.32 Å². The first-order valence-corrected chi connectivity index (χ1v) is 10.3. The molecule has 0 saturated carbocycles. The third kappa shape index (κ3) is 9.88. The third-order valence-electron chi connectivity index (χ3n) is 3.14. The SMILES string of the molecule is CCCCCCNCCC[Si](OCC)(OCC)OCC. The van der Waals surface area contributed by atoms with Crippen LogP contribution in [0.2, 0.25) is 6.04 Å². The molecule has 0 aromatic rings. The van der Waals surface area contributed by atoms with Gasteiger partial charge in [-0.1, -0.05) is 26.2 Å². The summed E-state index contributed by atoms with van der Waals surface area (Å²) in [5.41, 5.74) is 0. The molecule has 0 atom stereocenters. The van der Waals surface area contributed by atoms with E-state index in [1.54, 1.807) is 0 Å². The van der Waals surface area contributed by atoms with Gasteiger partial charge in [-0.2, -0.15) is 0 Å². The van der Waals surface area contributed by atoms with Gasteiger partial charge in [0.05, 0.1) is 0 Å². The molecule has 0 bridgehead atoms. The summed E-state index contributed by atoms with van der Waals surface area (Å²) in [5, 5.41) is 3.50. The Morgan fingerprint density at radius 2 is 1.25 bits per heavy atom. The van der Waals surface area contributed by atoms with Crippen molar-refractivity contribution < 1.29 is 13.3 Å². The van der Waals surface area contributed by atoms with E-state index in [1.165, 1.54) is 25.7 Å². The first-order valence-electron chi connectivity index (χ1n) is 8.37. The zero-order valence-corrected chi connectivity index (χ0v) is 15.0. The molecule has 0 saturated heterocycles. The van der Waals surface area contributed by atoms with Crippen molar-refractivity contribution >= 4 is 8.80 Å². The first-order chi connectivity index (χ1) is 9.74. The summed E-state index contributed by atoms with van der Waals surface area (Å²) in [6.45, 7) is 12.4. The Labute approximate surface area is 126 Å². The topological polar surface area (TPSA) is 39.7 Å². The number of hydrogen-bond donors (Lipinski definition) is 1. The zero-order chi connectivity index (χ0) is 15.1. The van der Waals surface area contributed by atoms with Crippen LogP contribution in [0.3, 0.4) is 0 Å². The van der Waals surface area contributed by atoms with Crippen molar-refractivity contribution in [2.45, 2.75) is 65.8 Å². The van der Waals surface area contributed by atoms with Crippen LogP contribution in [0.15, 0.2) is 0 Å². The second-order valence-electron chi connectivity index (χ2n) is 4.90. The molecule has 0 unspecified atom stereocenters. The first kappa shape index (κ1) is 20.1. The fraction of sp³-hybridized carbons (Fsp3) is 1.00. The van der Waals surface area contributed by atoms with Gasteiger partial charge >= 0.3 is 8.80 Å². The fourth-order valence-electron chi connectivity index (χ4n) is 2.23. The number of rotatable bonds is 15. The maximum Gasteiger partial charge on any atom is 0.500 e. The summed E-state index contributed by atoms with van der Waals surface area (Å²) < 4.78 is 17.5. The van der Waals surface area contributed by atoms with Crippen LogP contribution in [0.5, 0.6) is 0 Å². The molecule has 1 N–H and O–H groups in total. The lowest BCUT2D eigenvalue weighted by atomic mass is 10.2. The molecule has 0 heterocycles. The molecule has 0 aliphatic heterocycles. The van der Waals surface area contributed by atoms with Gasteiger partial charge in [-0.3, -0.25) is 0 Å². The quantitative estimate of drug-likeness (QED) is 0.371. The standard InChI is InChI=1S/C15H35NO3Si/c1-5-9-10-11-13-16-14-12-15-20(17-6-2,18-7-3)19-8-4/h16H,5-15H2,1-4H3. The Balaban J connectivity index is 3.82. The predicted molar refractivity (Wildman–Crippen MR) is 87.1 cm³/mol. The van der Waals surface area contributed by atoms with Gasteiger partial charge in [-0.25, -0.2) is 0 Å². The minimum atomic E-state index is -2.42. The molecule has 0 aliphatic carbocycles. The molecule has 5 heteroatoms. The molecule has 122 valence electrons. The van der Waals surface area contributed by atoms with Crippen LogP contribution in [-0.2, 0) is 13.3 Å². The van der Waals surface area contributed by atoms with Crippen molar-refractivity contribution in [3.8, 4) is 0 Å². The Hall–Kier alpha value is 0.0569. The fourth-order valence-corrected chi connectivity index (χ4v) is 4.85. The maximum atomic E-state index is 5.84. The lowest BCUT2D eigenvalue weighted by molar-refractivity contribution is 0.0708. The number of hydrogen-bond acceptors (Lipinski definition) is 4. The van der Waals surface area contributed by atoms with Gasteiger partial charge in [0.25, 0.3) is 0 Å². The summed E-state index contributed by atoms with van der Waals surface area (Å²) in [7, 11) is -2.42. The molecule has 4 nitrogen and oxygen atoms in total. The summed E-state index contributed by atoms with van der Waals surface area (Å²) in [6, 6.07) is 0.907. The van der Waals surface area contributed by atoms with Gasteiger partial charge in [0, 0.05) is 25.9 Å². The van der Waals surface area contributed by atoms with Crippen LogP contribution in [0.25, 0.3) is 0 Å². The minimum absolute atomic E-state index is 0.663. The Kier molecular flexibility index (Phi) is 14.1. The minimum Gasteiger partial charge on any atom is -0.374 e. The maximum absolute atomic E-state index is 5.84. The van der Waals surface area contributed by atoms with Gasteiger partial charge in [0.15, 0.2) is 0 Å². The van der Waals surface area contributed by atoms with Gasteiger partial charge < -0.3 is 18.6 Å². The zero-order valence-electron chi connectivity index (χ0n) is 14.0. The largest absolute Gasteiger partial charge is 0.500 e. The summed E-state index contributed by atoms with van der Waals surface area (Å²) in [6.07, 6.45) is 6.31. The highest BCUT2D eigenvalue weighted by Gasteiger charge is 2.39. The molecule has 0 radical (unpaired) electrons. The third-order valence-corrected chi connectivity index (χ3v) is 6.29. The van der Waals surface area contributed by atoms with E-state index in [0.29, 0.717) is 19.8 Å². The predicted octanol–water partition coefficient (Wildman–Crippen LogP) is 3.59. The van der Waals surface area contributed by atoms with E-state index in [1.807, 2.05) is 20.8 Å². The second kappa shape index (κ2) is 14.0. The molecule has 0 aromatic heterocycles. The second-order valence-corrected chi connectivity index (χ2v) is 7.63. The molecule has 0 amide bonds. The average Bonchev–Trinajstić information content (AvgIpc) is 2.43. The molecule has 0 spiro atoms. The highest BCUT2D eigenvalue weighted by molar-refractivity contribution is 6.60. The summed E-state index contributed by atoms with van der Waals surface area (Å²) in [5.74, 6) is 0. The van der Waals surface area contributed by atoms with Crippen molar-refractivity contribution in [1.29, 1.82) is 0 Å². The van der Waals surface area contributed by atoms with Crippen molar-refractivity contribution in [2.24, 2.45) is 0 Å². The van der Waals surface area contributed by atoms with Gasteiger partial charge in [0.1, 0.15) is 0 Å². The van der Waals surface area contributed by atoms with Gasteiger partial charge in [-0.05, 0) is 46.7 Å². The van der Waals surface area contributed by atoms with Crippen molar-refractivity contribution in [2.75, 3.05) is 32.9 Å². The Morgan fingerprint density at radius 1 is 0.700 bits per heavy atom. The summed E-state index contributed by atoms with van der Waals surface area (Å²) >= 11 is 0. The van der Waals surface area contributed by atoms with Crippen LogP contribution in [0.4, 0.5) is 0 Å². The van der Waals surface area contributed by atoms with E-state index in [2.05, 4.69) is 12.2 Å². The normalized spacial score (nSPS) is 12.0. The highest BCUT2D eigenvalue weighted by Crippen LogP contribution is 2.17. The molecule has 20 heavy (non-hydrogen) atoms. The van der Waals surface area contributed by atoms with Crippen LogP contribution < -0.4 is 5.32 Å². The van der Waals surface area contributed by atoms with E-state index in [0.717, 1.165) is 25.6 Å². The summed E-state index contributed by atoms with van der Waals surface area (Å²) in [4.78, 5) is 0. The smallest absolute Gasteiger partial charge is 0.374 e. The van der Waals surface area contributed by atoms with E-state index in [4.69, 9.17) is 13.3 Å². The van der Waals surface area contributed by atoms with Crippen LogP contribution in [-0.4, -0.2) is 41.7 Å². The molecule has 0 aliphatic rings.